The molecule has 0 aliphatic carbocycles. The summed E-state index contributed by atoms with van der Waals surface area (Å²) in [7, 11) is 3.28. The molecule has 0 heterocycles. The number of hydrazine groups is 1. The van der Waals surface area contributed by atoms with Crippen LogP contribution in [0.2, 0.25) is 0 Å². The number of rotatable bonds is 3. The van der Waals surface area contributed by atoms with E-state index < -0.39 is 0 Å². The summed E-state index contributed by atoms with van der Waals surface area (Å²) in [6.45, 7) is 0. The van der Waals surface area contributed by atoms with Crippen LogP contribution in [0.4, 0.5) is 0 Å². The Morgan fingerprint density at radius 3 is 2.27 bits per heavy atom. The quantitative estimate of drug-likeness (QED) is 0.310. The Balaban J connectivity index is 3.54. The van der Waals surface area contributed by atoms with E-state index in [4.69, 9.17) is 5.84 Å². The molecule has 0 aliphatic heterocycles. The molecule has 2 amide bonds. The lowest BCUT2D eigenvalue weighted by molar-refractivity contribution is -0.131. The fraction of sp³-hybridized carbons (Fsp3) is 0.667. The van der Waals surface area contributed by atoms with Gasteiger partial charge in [-0.2, -0.15) is 0 Å². The SMILES string of the molecule is CN(C)C(=O)CCC(=O)NN. The van der Waals surface area contributed by atoms with Crippen molar-refractivity contribution in [2.75, 3.05) is 14.1 Å². The first-order valence-corrected chi connectivity index (χ1v) is 3.27. The highest BCUT2D eigenvalue weighted by Crippen LogP contribution is 1.91. The third kappa shape index (κ3) is 4.32. The second-order valence-electron chi connectivity index (χ2n) is 2.36. The van der Waals surface area contributed by atoms with Crippen molar-refractivity contribution in [3.05, 3.63) is 0 Å². The van der Waals surface area contributed by atoms with E-state index in [1.165, 1.54) is 4.90 Å². The molecular weight excluding hydrogens is 146 g/mol. The highest BCUT2D eigenvalue weighted by atomic mass is 16.2. The van der Waals surface area contributed by atoms with Gasteiger partial charge in [0.15, 0.2) is 0 Å². The van der Waals surface area contributed by atoms with Crippen LogP contribution in [0, 0.1) is 0 Å². The van der Waals surface area contributed by atoms with Crippen LogP contribution < -0.4 is 11.3 Å². The number of nitrogens with two attached hydrogens (primary N) is 1. The van der Waals surface area contributed by atoms with Gasteiger partial charge in [-0.25, -0.2) is 5.84 Å². The summed E-state index contributed by atoms with van der Waals surface area (Å²) < 4.78 is 0. The van der Waals surface area contributed by atoms with Crippen LogP contribution >= 0.6 is 0 Å². The van der Waals surface area contributed by atoms with Gasteiger partial charge in [0.05, 0.1) is 0 Å². The summed E-state index contributed by atoms with van der Waals surface area (Å²) in [5.74, 6) is 4.42. The molecule has 11 heavy (non-hydrogen) atoms. The molecule has 0 atom stereocenters. The first-order valence-electron chi connectivity index (χ1n) is 3.27. The van der Waals surface area contributed by atoms with Crippen LogP contribution in [-0.4, -0.2) is 30.8 Å². The topological polar surface area (TPSA) is 75.4 Å². The van der Waals surface area contributed by atoms with Gasteiger partial charge in [0.1, 0.15) is 0 Å². The smallest absolute Gasteiger partial charge is 0.234 e. The molecule has 0 fully saturated rings. The molecule has 0 rings (SSSR count). The van der Waals surface area contributed by atoms with E-state index in [0.29, 0.717) is 0 Å². The molecule has 0 saturated carbocycles. The molecule has 5 heteroatoms. The van der Waals surface area contributed by atoms with Gasteiger partial charge in [0, 0.05) is 26.9 Å². The van der Waals surface area contributed by atoms with E-state index in [9.17, 15) is 9.59 Å². The molecule has 3 N–H and O–H groups in total. The number of nitrogens with one attached hydrogen (secondary N) is 1. The lowest BCUT2D eigenvalue weighted by Gasteiger charge is -2.08. The van der Waals surface area contributed by atoms with E-state index in [1.807, 2.05) is 5.43 Å². The summed E-state index contributed by atoms with van der Waals surface area (Å²) >= 11 is 0. The van der Waals surface area contributed by atoms with Gasteiger partial charge in [-0.1, -0.05) is 0 Å². The van der Waals surface area contributed by atoms with Gasteiger partial charge in [0.2, 0.25) is 11.8 Å². The fourth-order valence-corrected chi connectivity index (χ4v) is 0.516. The molecule has 0 aromatic rings. The van der Waals surface area contributed by atoms with Gasteiger partial charge in [-0.3, -0.25) is 15.0 Å². The van der Waals surface area contributed by atoms with Crippen molar-refractivity contribution in [2.45, 2.75) is 12.8 Å². The van der Waals surface area contributed by atoms with Crippen molar-refractivity contribution in [1.29, 1.82) is 0 Å². The Morgan fingerprint density at radius 1 is 1.36 bits per heavy atom. The van der Waals surface area contributed by atoms with Crippen LogP contribution in [0.15, 0.2) is 0 Å². The van der Waals surface area contributed by atoms with Crippen molar-refractivity contribution in [1.82, 2.24) is 10.3 Å². The van der Waals surface area contributed by atoms with Crippen molar-refractivity contribution < 1.29 is 9.59 Å². The molecule has 0 saturated heterocycles. The Kier molecular flexibility index (Phi) is 4.21. The molecule has 0 radical (unpaired) electrons. The average Bonchev–Trinajstić information content (AvgIpc) is 1.99. The normalized spacial score (nSPS) is 9.00. The monoisotopic (exact) mass is 159 g/mol. The predicted molar refractivity (Wildman–Crippen MR) is 40.3 cm³/mol. The molecule has 0 unspecified atom stereocenters. The zero-order valence-corrected chi connectivity index (χ0v) is 6.76. The first kappa shape index (κ1) is 9.90. The van der Waals surface area contributed by atoms with Crippen molar-refractivity contribution >= 4 is 11.8 Å². The molecular formula is C6H13N3O2. The van der Waals surface area contributed by atoms with Crippen LogP contribution in [-0.2, 0) is 9.59 Å². The average molecular weight is 159 g/mol. The number of nitrogens with zero attached hydrogens (tertiary/aromatic N) is 1. The maximum absolute atomic E-state index is 10.9. The molecule has 0 aromatic heterocycles. The second kappa shape index (κ2) is 4.68. The number of hydrogen-bond donors (Lipinski definition) is 2. The van der Waals surface area contributed by atoms with Crippen molar-refractivity contribution in [2.24, 2.45) is 5.84 Å². The van der Waals surface area contributed by atoms with Crippen LogP contribution in [0.1, 0.15) is 12.8 Å². The van der Waals surface area contributed by atoms with Gasteiger partial charge in [-0.15, -0.1) is 0 Å². The van der Waals surface area contributed by atoms with Crippen LogP contribution in [0.5, 0.6) is 0 Å². The maximum Gasteiger partial charge on any atom is 0.234 e. The van der Waals surface area contributed by atoms with Crippen molar-refractivity contribution in [3.63, 3.8) is 0 Å². The Morgan fingerprint density at radius 2 is 1.91 bits per heavy atom. The number of carbonyl (C=O) groups excluding carboxylic acids is 2. The Labute approximate surface area is 65.5 Å². The predicted octanol–water partition coefficient (Wildman–Crippen LogP) is -1.16. The van der Waals surface area contributed by atoms with Crippen LogP contribution in [0.25, 0.3) is 0 Å². The maximum atomic E-state index is 10.9. The summed E-state index contributed by atoms with van der Waals surface area (Å²) in [5, 5.41) is 0. The fourth-order valence-electron chi connectivity index (χ4n) is 0.516. The summed E-state index contributed by atoms with van der Waals surface area (Å²) in [6.07, 6.45) is 0.351. The van der Waals surface area contributed by atoms with Gasteiger partial charge in [0.25, 0.3) is 0 Å². The third-order valence-electron chi connectivity index (χ3n) is 1.23. The van der Waals surface area contributed by atoms with Gasteiger partial charge < -0.3 is 4.90 Å². The first-order chi connectivity index (χ1) is 5.07. The lowest BCUT2D eigenvalue weighted by atomic mass is 10.3. The zero-order chi connectivity index (χ0) is 8.85. The molecule has 0 bridgehead atoms. The lowest BCUT2D eigenvalue weighted by Crippen LogP contribution is -2.31. The van der Waals surface area contributed by atoms with E-state index >= 15 is 0 Å². The summed E-state index contributed by atoms with van der Waals surface area (Å²) in [5.41, 5.74) is 1.95. The minimum absolute atomic E-state index is 0.0754. The number of hydrogen-bond acceptors (Lipinski definition) is 3. The van der Waals surface area contributed by atoms with Gasteiger partial charge >= 0.3 is 0 Å². The molecule has 0 spiro atoms. The second-order valence-corrected chi connectivity index (χ2v) is 2.36. The summed E-state index contributed by atoms with van der Waals surface area (Å²) in [4.78, 5) is 22.8. The van der Waals surface area contributed by atoms with Crippen molar-refractivity contribution in [3.8, 4) is 0 Å². The standard InChI is InChI=1S/C6H13N3O2/c1-9(2)6(11)4-3-5(10)8-7/h3-4,7H2,1-2H3,(H,8,10). The Hall–Kier alpha value is -1.10. The molecule has 0 aromatic carbocycles. The van der Waals surface area contributed by atoms with E-state index in [2.05, 4.69) is 0 Å². The molecule has 5 nitrogen and oxygen atoms in total. The van der Waals surface area contributed by atoms with E-state index in [1.54, 1.807) is 14.1 Å². The van der Waals surface area contributed by atoms with E-state index in [-0.39, 0.29) is 24.7 Å². The van der Waals surface area contributed by atoms with Gasteiger partial charge in [-0.05, 0) is 0 Å². The van der Waals surface area contributed by atoms with E-state index in [0.717, 1.165) is 0 Å². The minimum atomic E-state index is -0.319. The van der Waals surface area contributed by atoms with Crippen LogP contribution in [0.3, 0.4) is 0 Å². The summed E-state index contributed by atoms with van der Waals surface area (Å²) in [6, 6.07) is 0. The zero-order valence-electron chi connectivity index (χ0n) is 6.76. The highest BCUT2D eigenvalue weighted by Gasteiger charge is 2.06. The minimum Gasteiger partial charge on any atom is -0.349 e. The third-order valence-corrected chi connectivity index (χ3v) is 1.23. The Bertz CT molecular complexity index is 156. The molecule has 0 aliphatic rings. The number of carbonyl (C=O) groups is 2. The molecule has 64 valence electrons. The highest BCUT2D eigenvalue weighted by molar-refractivity contribution is 5.83. The largest absolute Gasteiger partial charge is 0.349 e. The number of amides is 2.